The summed E-state index contributed by atoms with van der Waals surface area (Å²) in [6.07, 6.45) is 0. The summed E-state index contributed by atoms with van der Waals surface area (Å²) < 4.78 is 0. The minimum absolute atomic E-state index is 0.285. The summed E-state index contributed by atoms with van der Waals surface area (Å²) in [4.78, 5) is 0. The van der Waals surface area contributed by atoms with Gasteiger partial charge in [-0.05, 0) is 17.7 Å². The van der Waals surface area contributed by atoms with Gasteiger partial charge in [-0.25, -0.2) is 0 Å². The van der Waals surface area contributed by atoms with Crippen LogP contribution < -0.4 is 5.32 Å². The van der Waals surface area contributed by atoms with Crippen LogP contribution in [-0.4, -0.2) is 18.2 Å². The highest BCUT2D eigenvalue weighted by Crippen LogP contribution is 2.28. The Kier molecular flexibility index (Phi) is 1.58. The predicted octanol–water partition coefficient (Wildman–Crippen LogP) is 1.25. The molecule has 0 spiro atoms. The number of phenolic OH excluding ortho intramolecular Hbond substituents is 1. The maximum Gasteiger partial charge on any atom is 0.115 e. The lowest BCUT2D eigenvalue weighted by Gasteiger charge is -2.39. The Morgan fingerprint density at radius 3 is 2.25 bits per heavy atom. The van der Waals surface area contributed by atoms with Crippen LogP contribution in [-0.2, 0) is 5.41 Å². The van der Waals surface area contributed by atoms with Crippen molar-refractivity contribution in [2.45, 2.75) is 12.3 Å². The van der Waals surface area contributed by atoms with Crippen LogP contribution in [0.3, 0.4) is 0 Å². The zero-order chi connectivity index (χ0) is 8.60. The van der Waals surface area contributed by atoms with Gasteiger partial charge in [0.05, 0.1) is 0 Å². The molecular formula is C10H13NO. The van der Waals surface area contributed by atoms with Crippen LogP contribution >= 0.6 is 0 Å². The summed E-state index contributed by atoms with van der Waals surface area (Å²) >= 11 is 0. The van der Waals surface area contributed by atoms with Gasteiger partial charge in [0.2, 0.25) is 0 Å². The van der Waals surface area contributed by atoms with E-state index in [2.05, 4.69) is 12.2 Å². The third-order valence-corrected chi connectivity index (χ3v) is 2.59. The molecule has 0 bridgehead atoms. The number of benzene rings is 1. The van der Waals surface area contributed by atoms with E-state index < -0.39 is 0 Å². The van der Waals surface area contributed by atoms with E-state index in [0.717, 1.165) is 13.1 Å². The van der Waals surface area contributed by atoms with E-state index >= 15 is 0 Å². The zero-order valence-corrected chi connectivity index (χ0v) is 7.17. The summed E-state index contributed by atoms with van der Waals surface area (Å²) in [5, 5.41) is 12.3. The van der Waals surface area contributed by atoms with Gasteiger partial charge in [0, 0.05) is 18.5 Å². The standard InChI is InChI=1S/C10H13NO/c1-10(6-11-7-10)8-2-4-9(12)5-3-8/h2-5,11-12H,6-7H2,1H3. The molecule has 1 aliphatic rings. The number of phenols is 1. The number of hydrogen-bond donors (Lipinski definition) is 2. The average Bonchev–Trinajstić information content (AvgIpc) is 2.02. The van der Waals surface area contributed by atoms with Crippen molar-refractivity contribution in [3.63, 3.8) is 0 Å². The molecule has 0 aromatic heterocycles. The van der Waals surface area contributed by atoms with Gasteiger partial charge in [-0.15, -0.1) is 0 Å². The van der Waals surface area contributed by atoms with E-state index in [1.807, 2.05) is 12.1 Å². The highest BCUT2D eigenvalue weighted by atomic mass is 16.3. The number of aromatic hydroxyl groups is 1. The molecule has 0 aliphatic carbocycles. The van der Waals surface area contributed by atoms with Crippen LogP contribution in [0.4, 0.5) is 0 Å². The van der Waals surface area contributed by atoms with Gasteiger partial charge < -0.3 is 10.4 Å². The molecular weight excluding hydrogens is 150 g/mol. The quantitative estimate of drug-likeness (QED) is 0.653. The monoisotopic (exact) mass is 163 g/mol. The average molecular weight is 163 g/mol. The first-order valence-electron chi connectivity index (χ1n) is 4.21. The topological polar surface area (TPSA) is 32.3 Å². The molecule has 2 nitrogen and oxygen atoms in total. The zero-order valence-electron chi connectivity index (χ0n) is 7.17. The minimum Gasteiger partial charge on any atom is -0.508 e. The molecule has 1 aromatic rings. The fraction of sp³-hybridized carbons (Fsp3) is 0.400. The second kappa shape index (κ2) is 2.49. The molecule has 1 aliphatic heterocycles. The van der Waals surface area contributed by atoms with Gasteiger partial charge in [-0.3, -0.25) is 0 Å². The molecule has 1 heterocycles. The van der Waals surface area contributed by atoms with Crippen molar-refractivity contribution in [2.75, 3.05) is 13.1 Å². The first-order valence-corrected chi connectivity index (χ1v) is 4.21. The van der Waals surface area contributed by atoms with Crippen molar-refractivity contribution in [1.29, 1.82) is 0 Å². The fourth-order valence-electron chi connectivity index (χ4n) is 1.57. The minimum atomic E-state index is 0.285. The molecule has 2 rings (SSSR count). The molecule has 2 heteroatoms. The molecule has 1 fully saturated rings. The Morgan fingerprint density at radius 2 is 1.83 bits per heavy atom. The first-order chi connectivity index (χ1) is 5.71. The van der Waals surface area contributed by atoms with E-state index in [1.54, 1.807) is 12.1 Å². The van der Waals surface area contributed by atoms with Crippen LogP contribution in [0, 0.1) is 0 Å². The van der Waals surface area contributed by atoms with Crippen LogP contribution in [0.1, 0.15) is 12.5 Å². The Morgan fingerprint density at radius 1 is 1.25 bits per heavy atom. The molecule has 0 amide bonds. The summed E-state index contributed by atoms with van der Waals surface area (Å²) in [5.41, 5.74) is 1.59. The summed E-state index contributed by atoms with van der Waals surface area (Å²) in [6.45, 7) is 4.31. The van der Waals surface area contributed by atoms with Gasteiger partial charge in [0.1, 0.15) is 5.75 Å². The van der Waals surface area contributed by atoms with Crippen LogP contribution in [0.15, 0.2) is 24.3 Å². The Bertz CT molecular complexity index is 274. The van der Waals surface area contributed by atoms with Gasteiger partial charge in [-0.2, -0.15) is 0 Å². The van der Waals surface area contributed by atoms with Gasteiger partial charge in [0.15, 0.2) is 0 Å². The van der Waals surface area contributed by atoms with Crippen LogP contribution in [0.2, 0.25) is 0 Å². The molecule has 0 atom stereocenters. The Hall–Kier alpha value is -1.02. The van der Waals surface area contributed by atoms with E-state index in [1.165, 1.54) is 5.56 Å². The molecule has 12 heavy (non-hydrogen) atoms. The normalized spacial score (nSPS) is 20.1. The second-order valence-corrected chi connectivity index (χ2v) is 3.71. The highest BCUT2D eigenvalue weighted by Gasteiger charge is 2.32. The SMILES string of the molecule is CC1(c2ccc(O)cc2)CNC1. The van der Waals surface area contributed by atoms with E-state index in [4.69, 9.17) is 5.11 Å². The summed E-state index contributed by atoms with van der Waals surface area (Å²) in [7, 11) is 0. The van der Waals surface area contributed by atoms with E-state index in [0.29, 0.717) is 5.75 Å². The van der Waals surface area contributed by atoms with Crippen LogP contribution in [0.25, 0.3) is 0 Å². The smallest absolute Gasteiger partial charge is 0.115 e. The van der Waals surface area contributed by atoms with Crippen molar-refractivity contribution in [1.82, 2.24) is 5.32 Å². The summed E-state index contributed by atoms with van der Waals surface area (Å²) in [6, 6.07) is 7.49. The molecule has 64 valence electrons. The van der Waals surface area contributed by atoms with Crippen LogP contribution in [0.5, 0.6) is 5.75 Å². The van der Waals surface area contributed by atoms with Crippen molar-refractivity contribution < 1.29 is 5.11 Å². The van der Waals surface area contributed by atoms with Crippen molar-refractivity contribution in [3.05, 3.63) is 29.8 Å². The Balaban J connectivity index is 2.28. The van der Waals surface area contributed by atoms with Gasteiger partial charge >= 0.3 is 0 Å². The van der Waals surface area contributed by atoms with Gasteiger partial charge in [-0.1, -0.05) is 19.1 Å². The Labute approximate surface area is 72.2 Å². The molecule has 0 radical (unpaired) electrons. The largest absolute Gasteiger partial charge is 0.508 e. The highest BCUT2D eigenvalue weighted by molar-refractivity contribution is 5.33. The fourth-order valence-corrected chi connectivity index (χ4v) is 1.57. The third-order valence-electron chi connectivity index (χ3n) is 2.59. The number of nitrogens with one attached hydrogen (secondary N) is 1. The molecule has 0 saturated carbocycles. The third kappa shape index (κ3) is 1.08. The lowest BCUT2D eigenvalue weighted by molar-refractivity contribution is 0.305. The molecule has 2 N–H and O–H groups in total. The molecule has 1 saturated heterocycles. The number of rotatable bonds is 1. The lowest BCUT2D eigenvalue weighted by Crippen LogP contribution is -2.54. The number of hydrogen-bond acceptors (Lipinski definition) is 2. The predicted molar refractivity (Wildman–Crippen MR) is 48.3 cm³/mol. The van der Waals surface area contributed by atoms with E-state index in [9.17, 15) is 0 Å². The van der Waals surface area contributed by atoms with Crippen molar-refractivity contribution >= 4 is 0 Å². The second-order valence-electron chi connectivity index (χ2n) is 3.71. The lowest BCUT2D eigenvalue weighted by atomic mass is 9.77. The van der Waals surface area contributed by atoms with Crippen molar-refractivity contribution in [3.8, 4) is 5.75 Å². The molecule has 1 aromatic carbocycles. The van der Waals surface area contributed by atoms with Gasteiger partial charge in [0.25, 0.3) is 0 Å². The molecule has 0 unspecified atom stereocenters. The first kappa shape index (κ1) is 7.62. The van der Waals surface area contributed by atoms with Crippen molar-refractivity contribution in [2.24, 2.45) is 0 Å². The van der Waals surface area contributed by atoms with E-state index in [-0.39, 0.29) is 5.41 Å². The maximum atomic E-state index is 9.10. The maximum absolute atomic E-state index is 9.10. The summed E-state index contributed by atoms with van der Waals surface area (Å²) in [5.74, 6) is 0.342.